The average Bonchev–Trinajstić information content (AvgIpc) is 2.88. The van der Waals surface area contributed by atoms with Gasteiger partial charge in [0.05, 0.1) is 12.2 Å². The van der Waals surface area contributed by atoms with Crippen LogP contribution in [-0.4, -0.2) is 4.98 Å². The van der Waals surface area contributed by atoms with Crippen molar-refractivity contribution < 1.29 is 4.39 Å². The zero-order valence-corrected chi connectivity index (χ0v) is 11.5. The highest BCUT2D eigenvalue weighted by Gasteiger charge is 2.14. The molecule has 0 radical (unpaired) electrons. The van der Waals surface area contributed by atoms with Crippen molar-refractivity contribution in [3.63, 3.8) is 0 Å². The van der Waals surface area contributed by atoms with Crippen molar-refractivity contribution in [1.82, 2.24) is 10.4 Å². The van der Waals surface area contributed by atoms with E-state index in [1.165, 1.54) is 27.9 Å². The monoisotopic (exact) mass is 287 g/mol. The molecule has 0 aliphatic heterocycles. The Kier molecular flexibility index (Phi) is 3.73. The van der Waals surface area contributed by atoms with Gasteiger partial charge in [0.2, 0.25) is 0 Å². The van der Waals surface area contributed by atoms with Crippen LogP contribution in [0.1, 0.15) is 17.2 Å². The van der Waals surface area contributed by atoms with Crippen LogP contribution in [0.2, 0.25) is 0 Å². The number of hydrazine groups is 1. The van der Waals surface area contributed by atoms with Gasteiger partial charge < -0.3 is 0 Å². The maximum absolute atomic E-state index is 13.3. The first kappa shape index (κ1) is 13.2. The number of hydrogen-bond acceptors (Lipinski definition) is 4. The van der Waals surface area contributed by atoms with Gasteiger partial charge in [0, 0.05) is 10.9 Å². The molecular weight excluding hydrogens is 273 g/mol. The minimum absolute atomic E-state index is 0.156. The summed E-state index contributed by atoms with van der Waals surface area (Å²) < 4.78 is 14.5. The summed E-state index contributed by atoms with van der Waals surface area (Å²) in [5.74, 6) is 5.27. The lowest BCUT2D eigenvalue weighted by Gasteiger charge is -2.15. The lowest BCUT2D eigenvalue weighted by atomic mass is 10.0. The largest absolute Gasteiger partial charge is 0.271 e. The summed E-state index contributed by atoms with van der Waals surface area (Å²) in [6, 6.07) is 9.55. The summed E-state index contributed by atoms with van der Waals surface area (Å²) in [4.78, 5) is 3.88. The highest BCUT2D eigenvalue weighted by molar-refractivity contribution is 7.17. The number of pyridine rings is 1. The number of benzene rings is 1. The molecule has 0 spiro atoms. The van der Waals surface area contributed by atoms with E-state index in [2.05, 4.69) is 27.9 Å². The van der Waals surface area contributed by atoms with Gasteiger partial charge in [-0.15, -0.1) is 11.3 Å². The van der Waals surface area contributed by atoms with Crippen molar-refractivity contribution in [3.8, 4) is 0 Å². The number of hydrogen-bond donors (Lipinski definition) is 2. The predicted octanol–water partition coefficient (Wildman–Crippen LogP) is 3.18. The average molecular weight is 287 g/mol. The third-order valence-corrected chi connectivity index (χ3v) is 4.33. The molecule has 0 amide bonds. The molecule has 0 bridgehead atoms. The van der Waals surface area contributed by atoms with E-state index in [4.69, 9.17) is 5.84 Å². The Morgan fingerprint density at radius 1 is 1.30 bits per heavy atom. The molecule has 0 fully saturated rings. The minimum atomic E-state index is -0.349. The molecule has 0 saturated carbocycles. The fourth-order valence-corrected chi connectivity index (χ4v) is 3.28. The van der Waals surface area contributed by atoms with E-state index in [0.717, 1.165) is 5.56 Å². The standard InChI is InChI=1S/C15H14FN3S/c16-12-5-10(7-18-8-12)14(19-17)6-11-9-20-15-4-2-1-3-13(11)15/h1-5,7-9,14,19H,6,17H2. The second kappa shape index (κ2) is 5.66. The number of nitrogens with zero attached hydrogens (tertiary/aromatic N) is 1. The molecule has 5 heteroatoms. The number of rotatable bonds is 4. The molecule has 0 aliphatic carbocycles. The van der Waals surface area contributed by atoms with Crippen LogP contribution in [0.3, 0.4) is 0 Å². The van der Waals surface area contributed by atoms with Crippen molar-refractivity contribution in [1.29, 1.82) is 0 Å². The van der Waals surface area contributed by atoms with E-state index < -0.39 is 0 Å². The zero-order valence-electron chi connectivity index (χ0n) is 10.7. The first-order valence-electron chi connectivity index (χ1n) is 6.29. The summed E-state index contributed by atoms with van der Waals surface area (Å²) in [7, 11) is 0. The van der Waals surface area contributed by atoms with E-state index in [1.54, 1.807) is 17.5 Å². The third-order valence-electron chi connectivity index (χ3n) is 3.31. The molecule has 2 heterocycles. The molecule has 1 atom stereocenters. The highest BCUT2D eigenvalue weighted by Crippen LogP contribution is 2.29. The molecule has 0 aliphatic rings. The first-order chi connectivity index (χ1) is 9.78. The Morgan fingerprint density at radius 2 is 2.15 bits per heavy atom. The highest BCUT2D eigenvalue weighted by atomic mass is 32.1. The Morgan fingerprint density at radius 3 is 2.95 bits per heavy atom. The molecule has 0 saturated heterocycles. The Labute approximate surface area is 120 Å². The Balaban J connectivity index is 1.92. The Bertz CT molecular complexity index is 726. The van der Waals surface area contributed by atoms with Gasteiger partial charge in [0.25, 0.3) is 0 Å². The van der Waals surface area contributed by atoms with Gasteiger partial charge in [-0.1, -0.05) is 18.2 Å². The first-order valence-corrected chi connectivity index (χ1v) is 7.17. The minimum Gasteiger partial charge on any atom is -0.271 e. The fraction of sp³-hybridized carbons (Fsp3) is 0.133. The SMILES string of the molecule is NNC(Cc1csc2ccccc12)c1cncc(F)c1. The van der Waals surface area contributed by atoms with E-state index in [0.29, 0.717) is 6.42 Å². The molecule has 2 aromatic heterocycles. The number of fused-ring (bicyclic) bond motifs is 1. The topological polar surface area (TPSA) is 50.9 Å². The summed E-state index contributed by atoms with van der Waals surface area (Å²) in [5, 5.41) is 3.35. The predicted molar refractivity (Wildman–Crippen MR) is 79.8 cm³/mol. The second-order valence-corrected chi connectivity index (χ2v) is 5.53. The molecule has 1 unspecified atom stereocenters. The number of halogens is 1. The second-order valence-electron chi connectivity index (χ2n) is 4.62. The van der Waals surface area contributed by atoms with Gasteiger partial charge in [0.15, 0.2) is 0 Å². The third kappa shape index (κ3) is 2.56. The van der Waals surface area contributed by atoms with Crippen LogP contribution in [0.5, 0.6) is 0 Å². The van der Waals surface area contributed by atoms with Crippen LogP contribution in [0.4, 0.5) is 4.39 Å². The van der Waals surface area contributed by atoms with Gasteiger partial charge in [-0.05, 0) is 40.4 Å². The fourth-order valence-electron chi connectivity index (χ4n) is 2.30. The van der Waals surface area contributed by atoms with Crippen LogP contribution in [0, 0.1) is 5.82 Å². The van der Waals surface area contributed by atoms with Gasteiger partial charge in [-0.2, -0.15) is 0 Å². The van der Waals surface area contributed by atoms with Crippen molar-refractivity contribution in [2.45, 2.75) is 12.5 Å². The van der Waals surface area contributed by atoms with Crippen molar-refractivity contribution in [3.05, 3.63) is 65.0 Å². The number of nitrogens with two attached hydrogens (primary N) is 1. The summed E-state index contributed by atoms with van der Waals surface area (Å²) >= 11 is 1.71. The van der Waals surface area contributed by atoms with Crippen LogP contribution in [0.25, 0.3) is 10.1 Å². The normalized spacial score (nSPS) is 12.7. The van der Waals surface area contributed by atoms with E-state index in [-0.39, 0.29) is 11.9 Å². The molecule has 3 rings (SSSR count). The quantitative estimate of drug-likeness (QED) is 0.572. The molecule has 3 N–H and O–H groups in total. The van der Waals surface area contributed by atoms with Crippen LogP contribution in [0.15, 0.2) is 48.1 Å². The lowest BCUT2D eigenvalue weighted by Crippen LogP contribution is -2.29. The molecule has 1 aromatic carbocycles. The van der Waals surface area contributed by atoms with Crippen LogP contribution < -0.4 is 11.3 Å². The van der Waals surface area contributed by atoms with Gasteiger partial charge >= 0.3 is 0 Å². The molecule has 102 valence electrons. The van der Waals surface area contributed by atoms with Gasteiger partial charge in [-0.25, -0.2) is 4.39 Å². The maximum Gasteiger partial charge on any atom is 0.141 e. The summed E-state index contributed by atoms with van der Waals surface area (Å²) in [6.07, 6.45) is 3.53. The maximum atomic E-state index is 13.3. The van der Waals surface area contributed by atoms with E-state index in [1.807, 2.05) is 12.1 Å². The van der Waals surface area contributed by atoms with Crippen LogP contribution in [-0.2, 0) is 6.42 Å². The number of aromatic nitrogens is 1. The zero-order chi connectivity index (χ0) is 13.9. The molecular formula is C15H14FN3S. The molecule has 3 aromatic rings. The van der Waals surface area contributed by atoms with Crippen LogP contribution >= 0.6 is 11.3 Å². The summed E-state index contributed by atoms with van der Waals surface area (Å²) in [6.45, 7) is 0. The number of thiophene rings is 1. The lowest BCUT2D eigenvalue weighted by molar-refractivity contribution is 0.542. The number of nitrogens with one attached hydrogen (secondary N) is 1. The Hall–Kier alpha value is -1.82. The summed E-state index contributed by atoms with van der Waals surface area (Å²) in [5.41, 5.74) is 4.71. The molecule has 20 heavy (non-hydrogen) atoms. The van der Waals surface area contributed by atoms with Crippen molar-refractivity contribution in [2.24, 2.45) is 5.84 Å². The van der Waals surface area contributed by atoms with Gasteiger partial charge in [0.1, 0.15) is 5.82 Å². The van der Waals surface area contributed by atoms with Crippen molar-refractivity contribution >= 4 is 21.4 Å². The smallest absolute Gasteiger partial charge is 0.141 e. The van der Waals surface area contributed by atoms with E-state index >= 15 is 0 Å². The van der Waals surface area contributed by atoms with E-state index in [9.17, 15) is 4.39 Å². The molecule has 3 nitrogen and oxygen atoms in total. The van der Waals surface area contributed by atoms with Gasteiger partial charge in [-0.3, -0.25) is 16.3 Å². The van der Waals surface area contributed by atoms with Crippen molar-refractivity contribution in [2.75, 3.05) is 0 Å².